The van der Waals surface area contributed by atoms with Crippen LogP contribution in [0.25, 0.3) is 21.9 Å². The van der Waals surface area contributed by atoms with E-state index in [1.54, 1.807) is 12.1 Å². The van der Waals surface area contributed by atoms with Gasteiger partial charge in [0.15, 0.2) is 11.2 Å². The molecule has 14 heteroatoms. The van der Waals surface area contributed by atoms with Crippen LogP contribution in [0.2, 0.25) is 0 Å². The number of esters is 1. The molecule has 0 saturated heterocycles. The molecule has 0 amide bonds. The molecule has 38 heavy (non-hydrogen) atoms. The van der Waals surface area contributed by atoms with E-state index in [0.29, 0.717) is 12.2 Å². The van der Waals surface area contributed by atoms with Crippen molar-refractivity contribution in [2.75, 3.05) is 25.6 Å². The number of rotatable bonds is 13. The number of nitrogens with one attached hydrogen (secondary N) is 2. The molecule has 4 N–H and O–H groups in total. The molecule has 0 fully saturated rings. The molecule has 202 valence electrons. The molecule has 0 aliphatic carbocycles. The summed E-state index contributed by atoms with van der Waals surface area (Å²) in [5.41, 5.74) is 5.54. The highest BCUT2D eigenvalue weighted by atomic mass is 31.2. The second kappa shape index (κ2) is 12.2. The number of aromatic nitrogens is 4. The number of benzene rings is 2. The van der Waals surface area contributed by atoms with Crippen molar-refractivity contribution < 1.29 is 27.9 Å². The number of aromatic amines is 1. The smallest absolute Gasteiger partial charge is 0.459 e. The number of imidazole rings is 1. The Hall–Kier alpha value is -3.77. The molecule has 1 unspecified atom stereocenters. The molecular weight excluding hydrogens is 515 g/mol. The van der Waals surface area contributed by atoms with Gasteiger partial charge in [0.05, 0.1) is 26.1 Å². The average molecular weight is 545 g/mol. The van der Waals surface area contributed by atoms with Crippen molar-refractivity contribution in [3.05, 3.63) is 59.1 Å². The second-order valence-corrected chi connectivity index (χ2v) is 9.99. The van der Waals surface area contributed by atoms with Crippen molar-refractivity contribution in [1.82, 2.24) is 24.6 Å². The first kappa shape index (κ1) is 27.3. The zero-order valence-corrected chi connectivity index (χ0v) is 21.9. The number of hydrogen-bond acceptors (Lipinski definition) is 10. The number of nitrogens with two attached hydrogens (primary N) is 1. The molecule has 0 aliphatic heterocycles. The minimum atomic E-state index is -4.06. The number of H-pyrrole nitrogens is 1. The van der Waals surface area contributed by atoms with Crippen LogP contribution in [0.15, 0.2) is 53.6 Å². The largest absolute Gasteiger partial charge is 0.465 e. The van der Waals surface area contributed by atoms with Crippen molar-refractivity contribution in [3.63, 3.8) is 0 Å². The molecule has 2 aromatic heterocycles. The monoisotopic (exact) mass is 544 g/mol. The highest BCUT2D eigenvalue weighted by molar-refractivity contribution is 7.52. The van der Waals surface area contributed by atoms with Gasteiger partial charge in [0.1, 0.15) is 18.5 Å². The van der Waals surface area contributed by atoms with Gasteiger partial charge in [-0.2, -0.15) is 10.1 Å². The third kappa shape index (κ3) is 6.56. The van der Waals surface area contributed by atoms with Gasteiger partial charge in [-0.3, -0.25) is 23.7 Å². The normalized spacial score (nSPS) is 13.8. The summed E-state index contributed by atoms with van der Waals surface area (Å²) in [5, 5.41) is 4.27. The fourth-order valence-electron chi connectivity index (χ4n) is 3.56. The quantitative estimate of drug-likeness (QED) is 0.128. The van der Waals surface area contributed by atoms with Gasteiger partial charge in [-0.1, -0.05) is 43.3 Å². The number of anilines is 1. The van der Waals surface area contributed by atoms with Crippen molar-refractivity contribution in [1.29, 1.82) is 0 Å². The summed E-state index contributed by atoms with van der Waals surface area (Å²) >= 11 is 0. The van der Waals surface area contributed by atoms with Gasteiger partial charge in [0, 0.05) is 5.39 Å². The standard InChI is InChI=1S/C24H29N6O7P/c1-3-11-35-23(32)16(2)29-38(33,37-19-10-6-8-17-7-4-5-9-18(17)19)36-13-12-34-15-30-14-26-20-21(30)27-24(25)28-22(20)31/h4-10,14,16H,3,11-13,15H2,1-2H3,(H,29,33)(H3,25,27,28,31)/t16-,38?/m0/s1. The SMILES string of the molecule is CCCOC(=O)[C@H](C)NP(=O)(OCCOCn1cnc2c(=O)[nH]c(N)nc21)Oc1cccc2ccccc12. The van der Waals surface area contributed by atoms with E-state index in [-0.39, 0.29) is 43.7 Å². The molecule has 4 rings (SSSR count). The lowest BCUT2D eigenvalue weighted by molar-refractivity contribution is -0.145. The summed E-state index contributed by atoms with van der Waals surface area (Å²) in [6.07, 6.45) is 2.05. The molecule has 2 aromatic carbocycles. The number of carbonyl (C=O) groups is 1. The summed E-state index contributed by atoms with van der Waals surface area (Å²) in [5.74, 6) is -0.299. The Kier molecular flexibility index (Phi) is 8.74. The van der Waals surface area contributed by atoms with Crippen LogP contribution in [-0.4, -0.2) is 51.4 Å². The molecule has 0 spiro atoms. The molecule has 4 aromatic rings. The van der Waals surface area contributed by atoms with E-state index in [9.17, 15) is 14.2 Å². The molecule has 0 aliphatic rings. The van der Waals surface area contributed by atoms with Crippen molar-refractivity contribution in [2.24, 2.45) is 0 Å². The maximum atomic E-state index is 13.8. The summed E-state index contributed by atoms with van der Waals surface area (Å²) in [6, 6.07) is 11.8. The topological polar surface area (TPSA) is 173 Å². The van der Waals surface area contributed by atoms with Crippen molar-refractivity contribution >= 4 is 41.6 Å². The zero-order chi connectivity index (χ0) is 27.1. The molecular formula is C24H29N6O7P. The lowest BCUT2D eigenvalue weighted by Crippen LogP contribution is -2.35. The maximum Gasteiger partial charge on any atom is 0.459 e. The first-order valence-corrected chi connectivity index (χ1v) is 13.5. The Balaban J connectivity index is 1.43. The minimum absolute atomic E-state index is 0.00241. The van der Waals surface area contributed by atoms with Gasteiger partial charge >= 0.3 is 13.7 Å². The molecule has 2 heterocycles. The molecule has 2 atom stereocenters. The van der Waals surface area contributed by atoms with E-state index in [1.807, 2.05) is 37.3 Å². The summed E-state index contributed by atoms with van der Waals surface area (Å²) < 4.78 is 37.5. The number of nitrogen functional groups attached to an aromatic ring is 1. The van der Waals surface area contributed by atoms with Gasteiger partial charge in [0.25, 0.3) is 5.56 Å². The Morgan fingerprint density at radius 2 is 1.97 bits per heavy atom. The maximum absolute atomic E-state index is 13.8. The van der Waals surface area contributed by atoms with Crippen LogP contribution in [0.4, 0.5) is 5.95 Å². The van der Waals surface area contributed by atoms with Crippen LogP contribution in [0.1, 0.15) is 20.3 Å². The van der Waals surface area contributed by atoms with Gasteiger partial charge in [-0.05, 0) is 24.8 Å². The van der Waals surface area contributed by atoms with E-state index < -0.39 is 25.3 Å². The Morgan fingerprint density at radius 1 is 1.18 bits per heavy atom. The lowest BCUT2D eigenvalue weighted by atomic mass is 10.1. The number of carbonyl (C=O) groups excluding carboxylic acids is 1. The molecule has 0 saturated carbocycles. The fourth-order valence-corrected chi connectivity index (χ4v) is 5.05. The van der Waals surface area contributed by atoms with Crippen LogP contribution >= 0.6 is 7.75 Å². The minimum Gasteiger partial charge on any atom is -0.465 e. The molecule has 13 nitrogen and oxygen atoms in total. The van der Waals surface area contributed by atoms with E-state index in [0.717, 1.165) is 10.8 Å². The first-order chi connectivity index (χ1) is 18.3. The van der Waals surface area contributed by atoms with Crippen LogP contribution in [-0.2, 0) is 30.1 Å². The summed E-state index contributed by atoms with van der Waals surface area (Å²) in [7, 11) is -4.06. The van der Waals surface area contributed by atoms with E-state index in [2.05, 4.69) is 20.0 Å². The van der Waals surface area contributed by atoms with Crippen LogP contribution in [0.5, 0.6) is 5.75 Å². The Morgan fingerprint density at radius 3 is 2.79 bits per heavy atom. The summed E-state index contributed by atoms with van der Waals surface area (Å²) in [4.78, 5) is 34.7. The van der Waals surface area contributed by atoms with Gasteiger partial charge in [-0.25, -0.2) is 9.55 Å². The predicted molar refractivity (Wildman–Crippen MR) is 140 cm³/mol. The van der Waals surface area contributed by atoms with Gasteiger partial charge < -0.3 is 19.7 Å². The van der Waals surface area contributed by atoms with Gasteiger partial charge in [-0.15, -0.1) is 0 Å². The van der Waals surface area contributed by atoms with Crippen molar-refractivity contribution in [2.45, 2.75) is 33.0 Å². The third-order valence-corrected chi connectivity index (χ3v) is 7.00. The zero-order valence-electron chi connectivity index (χ0n) is 21.0. The number of nitrogens with zero attached hydrogens (tertiary/aromatic N) is 3. The predicted octanol–water partition coefficient (Wildman–Crippen LogP) is 2.96. The van der Waals surface area contributed by atoms with Crippen molar-refractivity contribution in [3.8, 4) is 5.75 Å². The van der Waals surface area contributed by atoms with E-state index in [1.165, 1.54) is 17.8 Å². The number of fused-ring (bicyclic) bond motifs is 2. The lowest BCUT2D eigenvalue weighted by Gasteiger charge is -2.23. The fraction of sp³-hybridized carbons (Fsp3) is 0.333. The van der Waals surface area contributed by atoms with Gasteiger partial charge in [0.2, 0.25) is 5.95 Å². The van der Waals surface area contributed by atoms with Crippen LogP contribution in [0, 0.1) is 0 Å². The van der Waals surface area contributed by atoms with E-state index >= 15 is 0 Å². The van der Waals surface area contributed by atoms with Crippen LogP contribution in [0.3, 0.4) is 0 Å². The number of ether oxygens (including phenoxy) is 2. The Labute approximate surface area is 217 Å². The first-order valence-electron chi connectivity index (χ1n) is 11.9. The highest BCUT2D eigenvalue weighted by Crippen LogP contribution is 2.46. The third-order valence-electron chi connectivity index (χ3n) is 5.33. The molecule has 0 bridgehead atoms. The molecule has 0 radical (unpaired) electrons. The average Bonchev–Trinajstić information content (AvgIpc) is 3.30. The van der Waals surface area contributed by atoms with E-state index in [4.69, 9.17) is 24.3 Å². The number of hydrogen-bond donors (Lipinski definition) is 3. The Bertz CT molecular complexity index is 1520. The summed E-state index contributed by atoms with van der Waals surface area (Å²) in [6.45, 7) is 3.47. The van der Waals surface area contributed by atoms with Crippen LogP contribution < -0.4 is 20.9 Å². The highest BCUT2D eigenvalue weighted by Gasteiger charge is 2.32. The second-order valence-electron chi connectivity index (χ2n) is 8.29.